The summed E-state index contributed by atoms with van der Waals surface area (Å²) >= 11 is 7.85. The maximum Gasteiger partial charge on any atom is 0.240 e. The van der Waals surface area contributed by atoms with Gasteiger partial charge in [0.15, 0.2) is 0 Å². The van der Waals surface area contributed by atoms with Gasteiger partial charge in [-0.2, -0.15) is 0 Å². The third-order valence-electron chi connectivity index (χ3n) is 8.41. The van der Waals surface area contributed by atoms with Gasteiger partial charge in [-0.15, -0.1) is 23.4 Å². The van der Waals surface area contributed by atoms with Gasteiger partial charge in [-0.3, -0.25) is 9.69 Å². The second kappa shape index (κ2) is 11.3. The van der Waals surface area contributed by atoms with Crippen molar-refractivity contribution in [1.82, 2.24) is 10.2 Å². The van der Waals surface area contributed by atoms with Crippen molar-refractivity contribution in [2.75, 3.05) is 26.5 Å². The number of nitrogens with zero attached hydrogens (tertiary/aromatic N) is 1. The minimum absolute atomic E-state index is 0.0910. The molecule has 7 nitrogen and oxygen atoms in total. The smallest absolute Gasteiger partial charge is 0.240 e. The van der Waals surface area contributed by atoms with E-state index in [1.165, 1.54) is 37.4 Å². The Morgan fingerprint density at radius 2 is 1.88 bits per heavy atom. The monoisotopic (exact) mass is 504 g/mol. The van der Waals surface area contributed by atoms with Gasteiger partial charge in [-0.05, 0) is 44.9 Å². The Balaban J connectivity index is 1.43. The molecule has 3 aliphatic heterocycles. The predicted molar refractivity (Wildman–Crippen MR) is 130 cm³/mol. The molecule has 1 saturated carbocycles. The molecule has 2 unspecified atom stereocenters. The lowest BCUT2D eigenvalue weighted by Crippen LogP contribution is -2.59. The van der Waals surface area contributed by atoms with Crippen molar-refractivity contribution < 1.29 is 24.5 Å². The molecule has 0 aromatic heterocycles. The largest absolute Gasteiger partial charge is 0.390 e. The molecule has 0 aromatic rings. The highest BCUT2D eigenvalue weighted by Gasteiger charge is 2.49. The number of likely N-dealkylation sites (N-methyl/N-ethyl adjacent to an activating group) is 1. The van der Waals surface area contributed by atoms with Crippen LogP contribution in [0.1, 0.15) is 51.9 Å². The summed E-state index contributed by atoms with van der Waals surface area (Å²) in [6, 6.07) is -0.828. The fraction of sp³-hybridized carbons (Fsp3) is 0.958. The average molecular weight is 505 g/mol. The summed E-state index contributed by atoms with van der Waals surface area (Å²) in [6.07, 6.45) is 7.26. The Morgan fingerprint density at radius 1 is 1.15 bits per heavy atom. The highest BCUT2D eigenvalue weighted by Crippen LogP contribution is 2.42. The number of hydrogen-bond acceptors (Lipinski definition) is 7. The topological polar surface area (TPSA) is 91.3 Å². The molecule has 0 radical (unpaired) electrons. The number of hydrogen-bond donors (Lipinski definition) is 3. The summed E-state index contributed by atoms with van der Waals surface area (Å²) in [4.78, 5) is 15.7. The zero-order valence-corrected chi connectivity index (χ0v) is 21.6. The summed E-state index contributed by atoms with van der Waals surface area (Å²) in [7, 11) is 2.01. The Hall–Kier alpha value is -0.0900. The molecule has 1 amide bonds. The van der Waals surface area contributed by atoms with Crippen LogP contribution in [-0.4, -0.2) is 94.8 Å². The molecule has 3 heterocycles. The zero-order chi connectivity index (χ0) is 23.7. The van der Waals surface area contributed by atoms with E-state index in [2.05, 4.69) is 10.2 Å². The zero-order valence-electron chi connectivity index (χ0n) is 20.1. The number of nitrogens with one attached hydrogen (secondary N) is 1. The van der Waals surface area contributed by atoms with Crippen molar-refractivity contribution in [2.45, 2.75) is 99.2 Å². The normalized spacial score (nSPS) is 42.5. The minimum atomic E-state index is -0.952. The second-order valence-electron chi connectivity index (χ2n) is 10.6. The molecule has 10 atom stereocenters. The molecule has 0 spiro atoms. The van der Waals surface area contributed by atoms with E-state index in [1.807, 2.05) is 20.2 Å². The first kappa shape index (κ1) is 26.0. The summed E-state index contributed by atoms with van der Waals surface area (Å²) in [5.74, 6) is 1.81. The van der Waals surface area contributed by atoms with Crippen molar-refractivity contribution >= 4 is 29.3 Å². The van der Waals surface area contributed by atoms with Crippen molar-refractivity contribution in [3.8, 4) is 0 Å². The quantitative estimate of drug-likeness (QED) is 0.478. The molecular weight excluding hydrogens is 464 g/mol. The van der Waals surface area contributed by atoms with Crippen LogP contribution in [0.4, 0.5) is 0 Å². The first-order chi connectivity index (χ1) is 15.8. The average Bonchev–Trinajstić information content (AvgIpc) is 3.36. The molecule has 0 bridgehead atoms. The highest BCUT2D eigenvalue weighted by atomic mass is 35.5. The lowest BCUT2D eigenvalue weighted by Gasteiger charge is -2.41. The molecular formula is C24H41ClN2O5S. The first-order valence-corrected chi connectivity index (χ1v) is 14.3. The third-order valence-corrected chi connectivity index (χ3v) is 9.53. The van der Waals surface area contributed by atoms with Crippen LogP contribution in [0.15, 0.2) is 0 Å². The maximum atomic E-state index is 13.6. The van der Waals surface area contributed by atoms with E-state index in [-0.39, 0.29) is 24.5 Å². The van der Waals surface area contributed by atoms with Gasteiger partial charge < -0.3 is 25.0 Å². The van der Waals surface area contributed by atoms with Gasteiger partial charge in [0.05, 0.1) is 29.7 Å². The number of ether oxygens (including phenoxy) is 2. The van der Waals surface area contributed by atoms with E-state index in [0.717, 1.165) is 31.9 Å². The molecule has 190 valence electrons. The Morgan fingerprint density at radius 3 is 2.55 bits per heavy atom. The van der Waals surface area contributed by atoms with Crippen LogP contribution in [0, 0.1) is 17.8 Å². The number of aliphatic hydroxyl groups is 2. The fourth-order valence-corrected chi connectivity index (χ4v) is 7.59. The number of fused-ring (bicyclic) bond motifs is 1. The van der Waals surface area contributed by atoms with E-state index in [4.69, 9.17) is 21.1 Å². The Kier molecular flexibility index (Phi) is 8.91. The highest BCUT2D eigenvalue weighted by molar-refractivity contribution is 7.99. The molecule has 33 heavy (non-hydrogen) atoms. The lowest BCUT2D eigenvalue weighted by molar-refractivity contribution is -0.149. The van der Waals surface area contributed by atoms with Gasteiger partial charge in [0.25, 0.3) is 0 Å². The molecule has 4 aliphatic rings. The van der Waals surface area contributed by atoms with Crippen molar-refractivity contribution in [1.29, 1.82) is 0 Å². The maximum absolute atomic E-state index is 13.6. The number of aliphatic hydroxyl groups excluding tert-OH is 2. The lowest BCUT2D eigenvalue weighted by atomic mass is 9.81. The Labute approximate surface area is 207 Å². The number of likely N-dealkylation sites (tertiary alicyclic amines) is 1. The van der Waals surface area contributed by atoms with Gasteiger partial charge in [0.1, 0.15) is 17.6 Å². The van der Waals surface area contributed by atoms with Gasteiger partial charge in [0, 0.05) is 25.5 Å². The van der Waals surface area contributed by atoms with Gasteiger partial charge in [-0.1, -0.05) is 25.7 Å². The Bertz CT molecular complexity index is 667. The molecule has 4 fully saturated rings. The molecule has 3 saturated heterocycles. The molecule has 3 N–H and O–H groups in total. The van der Waals surface area contributed by atoms with Crippen LogP contribution in [0.3, 0.4) is 0 Å². The molecule has 9 heteroatoms. The number of rotatable bonds is 6. The first-order valence-electron chi connectivity index (χ1n) is 12.6. The molecule has 4 rings (SSSR count). The van der Waals surface area contributed by atoms with Crippen LogP contribution in [0.2, 0.25) is 0 Å². The van der Waals surface area contributed by atoms with E-state index < -0.39 is 35.2 Å². The van der Waals surface area contributed by atoms with E-state index in [1.54, 1.807) is 0 Å². The van der Waals surface area contributed by atoms with E-state index in [0.29, 0.717) is 11.8 Å². The minimum Gasteiger partial charge on any atom is -0.390 e. The third kappa shape index (κ3) is 5.68. The van der Waals surface area contributed by atoms with Gasteiger partial charge in [0.2, 0.25) is 5.91 Å². The molecule has 1 aliphatic carbocycles. The number of thioether (sulfide) groups is 1. The summed E-state index contributed by atoms with van der Waals surface area (Å²) in [5.41, 5.74) is -0.551. The van der Waals surface area contributed by atoms with Crippen LogP contribution < -0.4 is 5.32 Å². The van der Waals surface area contributed by atoms with Crippen molar-refractivity contribution in [3.05, 3.63) is 0 Å². The standard InChI is InChI=1S/C24H41ClN2O5S/c1-13(25)19(18-11-17(28)21(29)24(32-18)33-3)26-23(30)20-22-16(12-27(20)2)10-15(8-9-31-22)14-6-4-5-7-14/h13-22,24,28-29H,4-12H2,1-3H3,(H,26,30)/t13-,15+,16-,17?,18-,19+,20-,21+,22+,24?/m0/s1. The SMILES string of the molecule is CSC1O[C@H]([C@H](NC(=O)[C@@H]2[C@@H]3OCC[C@@H](C4CCCC4)C[C@H]3CN2C)[C@H](C)Cl)CC(O)[C@H]1O. The van der Waals surface area contributed by atoms with Gasteiger partial charge >= 0.3 is 0 Å². The van der Waals surface area contributed by atoms with Crippen LogP contribution in [0.5, 0.6) is 0 Å². The van der Waals surface area contributed by atoms with E-state index in [9.17, 15) is 15.0 Å². The fourth-order valence-electron chi connectivity index (χ4n) is 6.65. The summed E-state index contributed by atoms with van der Waals surface area (Å²) < 4.78 is 12.4. The number of carbonyl (C=O) groups is 1. The number of amides is 1. The van der Waals surface area contributed by atoms with Crippen molar-refractivity contribution in [3.63, 3.8) is 0 Å². The number of alkyl halides is 1. The summed E-state index contributed by atoms with van der Waals surface area (Å²) in [6.45, 7) is 3.42. The van der Waals surface area contributed by atoms with Crippen LogP contribution in [-0.2, 0) is 14.3 Å². The van der Waals surface area contributed by atoms with E-state index >= 15 is 0 Å². The second-order valence-corrected chi connectivity index (χ2v) is 12.2. The van der Waals surface area contributed by atoms with Gasteiger partial charge in [-0.25, -0.2) is 0 Å². The van der Waals surface area contributed by atoms with Crippen molar-refractivity contribution in [2.24, 2.45) is 17.8 Å². The summed E-state index contributed by atoms with van der Waals surface area (Å²) in [5, 5.41) is 23.3. The predicted octanol–water partition coefficient (Wildman–Crippen LogP) is 2.21. The van der Waals surface area contributed by atoms with Crippen LogP contribution in [0.25, 0.3) is 0 Å². The number of carbonyl (C=O) groups excluding carboxylic acids is 1. The number of halogens is 1. The molecule has 0 aromatic carbocycles. The van der Waals surface area contributed by atoms with Crippen LogP contribution >= 0.6 is 23.4 Å².